The standard InChI is InChI=1S/C14H27N/c1-3-12-6-7-13(10-12)15-11-14(4-2)8-5-9-14/h12-13,15H,3-11H2,1-2H3. The summed E-state index contributed by atoms with van der Waals surface area (Å²) in [5.41, 5.74) is 0.699. The lowest BCUT2D eigenvalue weighted by Crippen LogP contribution is -2.42. The van der Waals surface area contributed by atoms with Crippen molar-refractivity contribution in [1.29, 1.82) is 0 Å². The molecule has 0 heterocycles. The second-order valence-electron chi connectivity index (χ2n) is 5.87. The van der Waals surface area contributed by atoms with Crippen LogP contribution in [0.5, 0.6) is 0 Å². The fourth-order valence-corrected chi connectivity index (χ4v) is 3.32. The minimum Gasteiger partial charge on any atom is -0.313 e. The van der Waals surface area contributed by atoms with Crippen LogP contribution in [-0.4, -0.2) is 12.6 Å². The van der Waals surface area contributed by atoms with E-state index in [1.54, 1.807) is 0 Å². The molecule has 0 radical (unpaired) electrons. The highest BCUT2D eigenvalue weighted by atomic mass is 14.9. The summed E-state index contributed by atoms with van der Waals surface area (Å²) in [6, 6.07) is 0.846. The molecule has 15 heavy (non-hydrogen) atoms. The van der Waals surface area contributed by atoms with E-state index < -0.39 is 0 Å². The van der Waals surface area contributed by atoms with Gasteiger partial charge in [0.15, 0.2) is 0 Å². The van der Waals surface area contributed by atoms with Crippen LogP contribution in [0.2, 0.25) is 0 Å². The maximum absolute atomic E-state index is 3.84. The van der Waals surface area contributed by atoms with Crippen molar-refractivity contribution in [1.82, 2.24) is 5.32 Å². The predicted molar refractivity (Wildman–Crippen MR) is 66.0 cm³/mol. The maximum Gasteiger partial charge on any atom is 0.00700 e. The quantitative estimate of drug-likeness (QED) is 0.727. The highest BCUT2D eigenvalue weighted by molar-refractivity contribution is 4.90. The maximum atomic E-state index is 3.84. The number of rotatable bonds is 5. The molecule has 2 fully saturated rings. The normalized spacial score (nSPS) is 34.0. The molecule has 0 aliphatic heterocycles. The van der Waals surface area contributed by atoms with Crippen molar-refractivity contribution < 1.29 is 0 Å². The Kier molecular flexibility index (Phi) is 3.71. The van der Waals surface area contributed by atoms with Gasteiger partial charge in [-0.15, -0.1) is 0 Å². The van der Waals surface area contributed by atoms with Crippen LogP contribution in [0.1, 0.15) is 65.2 Å². The Balaban J connectivity index is 1.69. The van der Waals surface area contributed by atoms with E-state index in [1.807, 2.05) is 0 Å². The van der Waals surface area contributed by atoms with Gasteiger partial charge in [-0.3, -0.25) is 0 Å². The molecule has 2 rings (SSSR count). The van der Waals surface area contributed by atoms with Crippen molar-refractivity contribution in [3.05, 3.63) is 0 Å². The Morgan fingerprint density at radius 3 is 2.47 bits per heavy atom. The molecule has 2 aliphatic carbocycles. The molecule has 2 unspecified atom stereocenters. The van der Waals surface area contributed by atoms with Gasteiger partial charge in [0.25, 0.3) is 0 Å². The topological polar surface area (TPSA) is 12.0 Å². The molecule has 0 amide bonds. The average Bonchev–Trinajstić information content (AvgIpc) is 2.65. The van der Waals surface area contributed by atoms with E-state index in [1.165, 1.54) is 57.9 Å². The number of hydrogen-bond donors (Lipinski definition) is 1. The fourth-order valence-electron chi connectivity index (χ4n) is 3.32. The van der Waals surface area contributed by atoms with E-state index in [4.69, 9.17) is 0 Å². The molecular weight excluding hydrogens is 182 g/mol. The van der Waals surface area contributed by atoms with E-state index in [9.17, 15) is 0 Å². The summed E-state index contributed by atoms with van der Waals surface area (Å²) in [5, 5.41) is 3.84. The lowest BCUT2D eigenvalue weighted by Gasteiger charge is -2.42. The van der Waals surface area contributed by atoms with Gasteiger partial charge in [0.05, 0.1) is 0 Å². The third kappa shape index (κ3) is 2.55. The van der Waals surface area contributed by atoms with Crippen LogP contribution in [-0.2, 0) is 0 Å². The largest absolute Gasteiger partial charge is 0.313 e. The summed E-state index contributed by atoms with van der Waals surface area (Å²) in [6.45, 7) is 6.00. The second-order valence-corrected chi connectivity index (χ2v) is 5.87. The van der Waals surface area contributed by atoms with Crippen molar-refractivity contribution in [2.75, 3.05) is 6.54 Å². The SMILES string of the molecule is CCC1CCC(NCC2(CC)CCC2)C1. The minimum absolute atomic E-state index is 0.699. The van der Waals surface area contributed by atoms with Gasteiger partial charge < -0.3 is 5.32 Å². The Hall–Kier alpha value is -0.0400. The van der Waals surface area contributed by atoms with Crippen LogP contribution in [0.15, 0.2) is 0 Å². The molecule has 2 atom stereocenters. The summed E-state index contributed by atoms with van der Waals surface area (Å²) in [6.07, 6.45) is 11.5. The Morgan fingerprint density at radius 2 is 2.00 bits per heavy atom. The average molecular weight is 209 g/mol. The summed E-state index contributed by atoms with van der Waals surface area (Å²) < 4.78 is 0. The summed E-state index contributed by atoms with van der Waals surface area (Å²) in [4.78, 5) is 0. The molecule has 0 aromatic heterocycles. The lowest BCUT2D eigenvalue weighted by molar-refractivity contribution is 0.119. The van der Waals surface area contributed by atoms with Crippen LogP contribution in [0, 0.1) is 11.3 Å². The first-order valence-electron chi connectivity index (χ1n) is 7.01. The molecule has 0 aromatic rings. The predicted octanol–water partition coefficient (Wildman–Crippen LogP) is 3.74. The van der Waals surface area contributed by atoms with E-state index in [0.717, 1.165) is 12.0 Å². The van der Waals surface area contributed by atoms with Gasteiger partial charge in [-0.05, 0) is 49.9 Å². The van der Waals surface area contributed by atoms with Crippen LogP contribution >= 0.6 is 0 Å². The van der Waals surface area contributed by atoms with Crippen molar-refractivity contribution in [2.24, 2.45) is 11.3 Å². The third-order valence-corrected chi connectivity index (χ3v) is 5.05. The van der Waals surface area contributed by atoms with E-state index in [-0.39, 0.29) is 0 Å². The monoisotopic (exact) mass is 209 g/mol. The molecule has 0 saturated heterocycles. The molecule has 1 heteroatoms. The van der Waals surface area contributed by atoms with Gasteiger partial charge in [-0.2, -0.15) is 0 Å². The summed E-state index contributed by atoms with van der Waals surface area (Å²) in [7, 11) is 0. The van der Waals surface area contributed by atoms with E-state index in [0.29, 0.717) is 5.41 Å². The first-order valence-corrected chi connectivity index (χ1v) is 7.01. The molecular formula is C14H27N. The highest BCUT2D eigenvalue weighted by Crippen LogP contribution is 2.43. The van der Waals surface area contributed by atoms with Crippen molar-refractivity contribution >= 4 is 0 Å². The zero-order valence-corrected chi connectivity index (χ0v) is 10.5. The first kappa shape index (κ1) is 11.4. The molecule has 0 aromatic carbocycles. The van der Waals surface area contributed by atoms with Gasteiger partial charge in [0, 0.05) is 12.6 Å². The zero-order valence-electron chi connectivity index (χ0n) is 10.5. The molecule has 0 spiro atoms. The van der Waals surface area contributed by atoms with E-state index in [2.05, 4.69) is 19.2 Å². The van der Waals surface area contributed by atoms with Crippen molar-refractivity contribution in [3.8, 4) is 0 Å². The molecule has 0 bridgehead atoms. The summed E-state index contributed by atoms with van der Waals surface area (Å²) in [5.74, 6) is 1.02. The lowest BCUT2D eigenvalue weighted by atomic mass is 9.67. The van der Waals surface area contributed by atoms with Crippen molar-refractivity contribution in [3.63, 3.8) is 0 Å². The smallest absolute Gasteiger partial charge is 0.00700 e. The highest BCUT2D eigenvalue weighted by Gasteiger charge is 2.35. The van der Waals surface area contributed by atoms with Crippen molar-refractivity contribution in [2.45, 2.75) is 71.3 Å². The third-order valence-electron chi connectivity index (χ3n) is 5.05. The van der Waals surface area contributed by atoms with Crippen LogP contribution < -0.4 is 5.32 Å². The number of nitrogens with one attached hydrogen (secondary N) is 1. The Morgan fingerprint density at radius 1 is 1.20 bits per heavy atom. The second kappa shape index (κ2) is 4.86. The van der Waals surface area contributed by atoms with Crippen LogP contribution in [0.25, 0.3) is 0 Å². The summed E-state index contributed by atoms with van der Waals surface area (Å²) >= 11 is 0. The number of hydrogen-bond acceptors (Lipinski definition) is 1. The van der Waals surface area contributed by atoms with Gasteiger partial charge in [0.1, 0.15) is 0 Å². The minimum atomic E-state index is 0.699. The Bertz CT molecular complexity index is 190. The zero-order chi connectivity index (χ0) is 10.7. The molecule has 1 N–H and O–H groups in total. The van der Waals surface area contributed by atoms with Gasteiger partial charge in [-0.25, -0.2) is 0 Å². The van der Waals surface area contributed by atoms with Gasteiger partial charge in [0.2, 0.25) is 0 Å². The molecule has 1 nitrogen and oxygen atoms in total. The molecule has 88 valence electrons. The molecule has 2 aliphatic rings. The first-order chi connectivity index (χ1) is 7.28. The fraction of sp³-hybridized carbons (Fsp3) is 1.00. The van der Waals surface area contributed by atoms with Crippen LogP contribution in [0.4, 0.5) is 0 Å². The van der Waals surface area contributed by atoms with E-state index >= 15 is 0 Å². The van der Waals surface area contributed by atoms with Gasteiger partial charge in [-0.1, -0.05) is 26.7 Å². The Labute approximate surface area is 95.0 Å². The molecule has 2 saturated carbocycles. The van der Waals surface area contributed by atoms with Crippen LogP contribution in [0.3, 0.4) is 0 Å². The van der Waals surface area contributed by atoms with Gasteiger partial charge >= 0.3 is 0 Å².